The molecular weight excluding hydrogens is 216 g/mol. The molecule has 0 aliphatic heterocycles. The second-order valence-electron chi connectivity index (χ2n) is 3.94. The molecule has 0 amide bonds. The third kappa shape index (κ3) is 3.64. The Balaban J connectivity index is 2.70. The van der Waals surface area contributed by atoms with Crippen molar-refractivity contribution >= 4 is 11.3 Å². The minimum Gasteiger partial charge on any atom is -0.320 e. The van der Waals surface area contributed by atoms with Gasteiger partial charge in [0.2, 0.25) is 0 Å². The van der Waals surface area contributed by atoms with Crippen LogP contribution in [0.5, 0.6) is 0 Å². The smallest absolute Gasteiger partial charge is 0.0555 e. The zero-order valence-electron chi connectivity index (χ0n) is 10.3. The van der Waals surface area contributed by atoms with Gasteiger partial charge < -0.3 is 5.73 Å². The molecule has 16 heavy (non-hydrogen) atoms. The molecule has 1 heterocycles. The summed E-state index contributed by atoms with van der Waals surface area (Å²) in [6, 6.07) is 2.69. The van der Waals surface area contributed by atoms with Crippen molar-refractivity contribution in [2.24, 2.45) is 5.73 Å². The first-order valence-electron chi connectivity index (χ1n) is 5.64. The van der Waals surface area contributed by atoms with Gasteiger partial charge in [-0.3, -0.25) is 4.90 Å². The number of hydrogen-bond acceptors (Lipinski definition) is 3. The second kappa shape index (κ2) is 6.70. The van der Waals surface area contributed by atoms with Crippen molar-refractivity contribution in [2.45, 2.75) is 32.9 Å². The van der Waals surface area contributed by atoms with Crippen molar-refractivity contribution in [3.8, 4) is 11.8 Å². The fourth-order valence-electron chi connectivity index (χ4n) is 1.41. The van der Waals surface area contributed by atoms with Crippen molar-refractivity contribution in [1.29, 1.82) is 0 Å². The average Bonchev–Trinajstić information content (AvgIpc) is 2.72. The fraction of sp³-hybridized carbons (Fsp3) is 0.538. The molecule has 3 heteroatoms. The quantitative estimate of drug-likeness (QED) is 0.813. The van der Waals surface area contributed by atoms with Crippen LogP contribution in [0.15, 0.2) is 11.4 Å². The number of nitrogens with two attached hydrogens (primary N) is 1. The van der Waals surface area contributed by atoms with E-state index in [0.717, 1.165) is 12.1 Å². The minimum atomic E-state index is 0.427. The van der Waals surface area contributed by atoms with Gasteiger partial charge >= 0.3 is 0 Å². The highest BCUT2D eigenvalue weighted by Crippen LogP contribution is 2.18. The lowest BCUT2D eigenvalue weighted by atomic mass is 10.2. The molecule has 0 aromatic carbocycles. The van der Waals surface area contributed by atoms with E-state index in [1.807, 2.05) is 0 Å². The molecule has 88 valence electrons. The topological polar surface area (TPSA) is 29.3 Å². The summed E-state index contributed by atoms with van der Waals surface area (Å²) >= 11 is 1.77. The predicted octanol–water partition coefficient (Wildman–Crippen LogP) is 2.29. The van der Waals surface area contributed by atoms with Crippen LogP contribution in [-0.4, -0.2) is 24.5 Å². The highest BCUT2D eigenvalue weighted by Gasteiger charge is 2.10. The van der Waals surface area contributed by atoms with Crippen LogP contribution in [0, 0.1) is 11.8 Å². The van der Waals surface area contributed by atoms with Crippen LogP contribution in [0.1, 0.15) is 30.7 Å². The molecule has 0 fully saturated rings. The number of hydrogen-bond donors (Lipinski definition) is 1. The third-order valence-electron chi connectivity index (χ3n) is 2.81. The van der Waals surface area contributed by atoms with Crippen LogP contribution in [0.2, 0.25) is 0 Å². The Morgan fingerprint density at radius 2 is 2.31 bits per heavy atom. The molecule has 1 atom stereocenters. The highest BCUT2D eigenvalue weighted by atomic mass is 32.1. The van der Waals surface area contributed by atoms with Gasteiger partial charge in [0.25, 0.3) is 0 Å². The molecule has 1 aromatic rings. The summed E-state index contributed by atoms with van der Waals surface area (Å²) in [5.41, 5.74) is 6.52. The molecule has 0 bridgehead atoms. The maximum atomic E-state index is 5.39. The molecule has 0 saturated heterocycles. The Morgan fingerprint density at radius 3 is 2.94 bits per heavy atom. The summed E-state index contributed by atoms with van der Waals surface area (Å²) < 4.78 is 0. The number of rotatable bonds is 4. The van der Waals surface area contributed by atoms with E-state index in [1.165, 1.54) is 11.3 Å². The maximum absolute atomic E-state index is 5.39. The normalized spacial score (nSPS) is 12.3. The van der Waals surface area contributed by atoms with Crippen LogP contribution < -0.4 is 5.73 Å². The van der Waals surface area contributed by atoms with Gasteiger partial charge in [-0.1, -0.05) is 18.8 Å². The van der Waals surface area contributed by atoms with Crippen molar-refractivity contribution in [3.05, 3.63) is 21.9 Å². The Morgan fingerprint density at radius 1 is 1.56 bits per heavy atom. The van der Waals surface area contributed by atoms with Gasteiger partial charge in [0.05, 0.1) is 6.54 Å². The van der Waals surface area contributed by atoms with E-state index in [-0.39, 0.29) is 0 Å². The maximum Gasteiger partial charge on any atom is 0.0555 e. The minimum absolute atomic E-state index is 0.427. The van der Waals surface area contributed by atoms with Gasteiger partial charge in [-0.2, -0.15) is 0 Å². The predicted molar refractivity (Wildman–Crippen MR) is 71.5 cm³/mol. The molecule has 0 radical (unpaired) electrons. The first kappa shape index (κ1) is 13.2. The van der Waals surface area contributed by atoms with Crippen LogP contribution in [0.4, 0.5) is 0 Å². The van der Waals surface area contributed by atoms with Gasteiger partial charge in [-0.25, -0.2) is 0 Å². The fourth-order valence-corrected chi connectivity index (χ4v) is 2.31. The summed E-state index contributed by atoms with van der Waals surface area (Å²) in [4.78, 5) is 3.70. The SMILES string of the molecule is CCC(C)N(C)Cc1sccc1C#CCN. The zero-order chi connectivity index (χ0) is 12.0. The van der Waals surface area contributed by atoms with Crippen LogP contribution >= 0.6 is 11.3 Å². The Hall–Kier alpha value is -0.820. The van der Waals surface area contributed by atoms with Gasteiger partial charge in [0, 0.05) is 23.0 Å². The van der Waals surface area contributed by atoms with Crippen LogP contribution in [0.3, 0.4) is 0 Å². The van der Waals surface area contributed by atoms with E-state index in [1.54, 1.807) is 11.3 Å². The van der Waals surface area contributed by atoms with E-state index in [9.17, 15) is 0 Å². The van der Waals surface area contributed by atoms with E-state index in [2.05, 4.69) is 49.1 Å². The summed E-state index contributed by atoms with van der Waals surface area (Å²) in [6.07, 6.45) is 1.17. The summed E-state index contributed by atoms with van der Waals surface area (Å²) in [6.45, 7) is 5.86. The molecule has 1 unspecified atom stereocenters. The van der Waals surface area contributed by atoms with E-state index in [4.69, 9.17) is 5.73 Å². The first-order chi connectivity index (χ1) is 7.69. The largest absolute Gasteiger partial charge is 0.320 e. The summed E-state index contributed by atoms with van der Waals surface area (Å²) in [7, 11) is 2.16. The lowest BCUT2D eigenvalue weighted by molar-refractivity contribution is 0.246. The van der Waals surface area contributed by atoms with E-state index < -0.39 is 0 Å². The zero-order valence-corrected chi connectivity index (χ0v) is 11.1. The van der Waals surface area contributed by atoms with E-state index >= 15 is 0 Å². The monoisotopic (exact) mass is 236 g/mol. The molecule has 2 nitrogen and oxygen atoms in total. The van der Waals surface area contributed by atoms with Crippen molar-refractivity contribution in [2.75, 3.05) is 13.6 Å². The van der Waals surface area contributed by atoms with Gasteiger partial charge in [0.1, 0.15) is 0 Å². The van der Waals surface area contributed by atoms with Gasteiger partial charge in [0.15, 0.2) is 0 Å². The van der Waals surface area contributed by atoms with Crippen molar-refractivity contribution in [3.63, 3.8) is 0 Å². The van der Waals surface area contributed by atoms with Gasteiger partial charge in [-0.05, 0) is 31.8 Å². The second-order valence-corrected chi connectivity index (χ2v) is 4.94. The van der Waals surface area contributed by atoms with Crippen LogP contribution in [-0.2, 0) is 6.54 Å². The molecule has 0 saturated carbocycles. The molecular formula is C13H20N2S. The Kier molecular flexibility index (Phi) is 5.54. The lowest BCUT2D eigenvalue weighted by Crippen LogP contribution is -2.27. The van der Waals surface area contributed by atoms with E-state index in [0.29, 0.717) is 12.6 Å². The number of thiophene rings is 1. The Labute approximate surface area is 102 Å². The number of nitrogens with zero attached hydrogens (tertiary/aromatic N) is 1. The molecule has 0 spiro atoms. The molecule has 2 N–H and O–H groups in total. The average molecular weight is 236 g/mol. The molecule has 1 rings (SSSR count). The third-order valence-corrected chi connectivity index (χ3v) is 3.71. The standard InChI is InChI=1S/C13H20N2S/c1-4-11(2)15(3)10-13-12(6-5-8-14)7-9-16-13/h7,9,11H,4,8,10,14H2,1-3H3. The molecule has 0 aliphatic carbocycles. The lowest BCUT2D eigenvalue weighted by Gasteiger charge is -2.22. The first-order valence-corrected chi connectivity index (χ1v) is 6.52. The molecule has 0 aliphatic rings. The summed E-state index contributed by atoms with van der Waals surface area (Å²) in [5, 5.41) is 2.10. The van der Waals surface area contributed by atoms with Gasteiger partial charge in [-0.15, -0.1) is 11.3 Å². The van der Waals surface area contributed by atoms with Crippen LogP contribution in [0.25, 0.3) is 0 Å². The van der Waals surface area contributed by atoms with Crippen molar-refractivity contribution < 1.29 is 0 Å². The van der Waals surface area contributed by atoms with Crippen molar-refractivity contribution in [1.82, 2.24) is 4.90 Å². The summed E-state index contributed by atoms with van der Waals surface area (Å²) in [5.74, 6) is 6.04. The highest BCUT2D eigenvalue weighted by molar-refractivity contribution is 7.10. The molecule has 1 aromatic heterocycles. The Bertz CT molecular complexity index is 373.